The van der Waals surface area contributed by atoms with Crippen molar-refractivity contribution in [3.63, 3.8) is 0 Å². The number of piperazine rings is 1. The first kappa shape index (κ1) is 17.0. The number of pyridine rings is 2. The molecule has 0 aromatic carbocycles. The average Bonchev–Trinajstić information content (AvgIpc) is 2.59. The Kier molecular flexibility index (Phi) is 5.21. The molecule has 1 aliphatic heterocycles. The predicted molar refractivity (Wildman–Crippen MR) is 97.0 cm³/mol. The van der Waals surface area contributed by atoms with E-state index in [-0.39, 0.29) is 0 Å². The summed E-state index contributed by atoms with van der Waals surface area (Å²) in [4.78, 5) is 13.4. The Morgan fingerprint density at radius 3 is 2.58 bits per heavy atom. The van der Waals surface area contributed by atoms with Crippen molar-refractivity contribution in [2.75, 3.05) is 38.2 Å². The van der Waals surface area contributed by atoms with E-state index in [1.807, 2.05) is 19.2 Å². The number of nitrogens with zero attached hydrogens (tertiary/aromatic N) is 4. The van der Waals surface area contributed by atoms with Gasteiger partial charge in [-0.1, -0.05) is 11.6 Å². The zero-order valence-corrected chi connectivity index (χ0v) is 15.2. The zero-order valence-electron chi connectivity index (χ0n) is 14.4. The maximum Gasteiger partial charge on any atom is 0.128 e. The molecule has 0 N–H and O–H groups in total. The fourth-order valence-electron chi connectivity index (χ4n) is 3.21. The number of anilines is 1. The smallest absolute Gasteiger partial charge is 0.128 e. The van der Waals surface area contributed by atoms with Gasteiger partial charge >= 0.3 is 0 Å². The molecular formula is C18H23ClN4O. The van der Waals surface area contributed by atoms with Crippen LogP contribution in [0.4, 0.5) is 5.69 Å². The molecule has 24 heavy (non-hydrogen) atoms. The van der Waals surface area contributed by atoms with E-state index in [9.17, 15) is 0 Å². The summed E-state index contributed by atoms with van der Waals surface area (Å²) < 4.78 is 5.51. The Bertz CT molecular complexity index is 714. The van der Waals surface area contributed by atoms with Crippen molar-refractivity contribution < 1.29 is 4.74 Å². The summed E-state index contributed by atoms with van der Waals surface area (Å²) in [6.07, 6.45) is 5.39. The highest BCUT2D eigenvalue weighted by Crippen LogP contribution is 2.27. The van der Waals surface area contributed by atoms with Crippen LogP contribution in [-0.4, -0.2) is 48.2 Å². The molecule has 0 radical (unpaired) electrons. The quantitative estimate of drug-likeness (QED) is 0.851. The number of hydrogen-bond donors (Lipinski definition) is 0. The fraction of sp³-hybridized carbons (Fsp3) is 0.444. The first-order valence-corrected chi connectivity index (χ1v) is 8.54. The Labute approximate surface area is 148 Å². The topological polar surface area (TPSA) is 41.5 Å². The van der Waals surface area contributed by atoms with Gasteiger partial charge in [-0.2, -0.15) is 0 Å². The first-order chi connectivity index (χ1) is 11.6. The maximum absolute atomic E-state index is 6.25. The number of aryl methyl sites for hydroxylation is 1. The summed E-state index contributed by atoms with van der Waals surface area (Å²) in [5.74, 6) is 0.946. The minimum absolute atomic E-state index is 0.715. The lowest BCUT2D eigenvalue weighted by Crippen LogP contribution is -2.46. The van der Waals surface area contributed by atoms with Gasteiger partial charge in [0.25, 0.3) is 0 Å². The number of aromatic nitrogens is 2. The summed E-state index contributed by atoms with van der Waals surface area (Å²) in [6.45, 7) is 8.82. The van der Waals surface area contributed by atoms with Gasteiger partial charge in [0.15, 0.2) is 0 Å². The van der Waals surface area contributed by atoms with E-state index < -0.39 is 0 Å². The molecule has 5 nitrogen and oxygen atoms in total. The largest absolute Gasteiger partial charge is 0.496 e. The van der Waals surface area contributed by atoms with Crippen molar-refractivity contribution in [2.24, 2.45) is 0 Å². The lowest BCUT2D eigenvalue weighted by atomic mass is 10.1. The molecular weight excluding hydrogens is 324 g/mol. The lowest BCUT2D eigenvalue weighted by molar-refractivity contribution is 0.246. The van der Waals surface area contributed by atoms with E-state index in [1.54, 1.807) is 19.5 Å². The van der Waals surface area contributed by atoms with Gasteiger partial charge in [0.1, 0.15) is 5.75 Å². The number of hydrogen-bond acceptors (Lipinski definition) is 5. The Morgan fingerprint density at radius 1 is 1.17 bits per heavy atom. The van der Waals surface area contributed by atoms with Gasteiger partial charge in [-0.05, 0) is 19.9 Å². The number of methoxy groups -OCH3 is 1. The highest BCUT2D eigenvalue weighted by molar-refractivity contribution is 6.33. The van der Waals surface area contributed by atoms with Crippen LogP contribution >= 0.6 is 11.6 Å². The molecule has 0 saturated carbocycles. The third kappa shape index (κ3) is 3.47. The summed E-state index contributed by atoms with van der Waals surface area (Å²) in [7, 11) is 1.72. The second-order valence-electron chi connectivity index (χ2n) is 6.14. The molecule has 0 atom stereocenters. The lowest BCUT2D eigenvalue weighted by Gasteiger charge is -2.36. The minimum atomic E-state index is 0.715. The van der Waals surface area contributed by atoms with E-state index in [1.165, 1.54) is 0 Å². The van der Waals surface area contributed by atoms with E-state index in [4.69, 9.17) is 16.3 Å². The molecule has 0 amide bonds. The fourth-order valence-corrected chi connectivity index (χ4v) is 3.45. The summed E-state index contributed by atoms with van der Waals surface area (Å²) in [5, 5.41) is 0.715. The maximum atomic E-state index is 6.25. The number of ether oxygens (including phenoxy) is 1. The van der Waals surface area contributed by atoms with Crippen molar-refractivity contribution in [1.82, 2.24) is 14.9 Å². The molecule has 0 bridgehead atoms. The molecule has 6 heteroatoms. The van der Waals surface area contributed by atoms with E-state index in [2.05, 4.69) is 26.7 Å². The SMILES string of the molecule is COc1c(C)cnc(CN2CCN(c3ccncc3Cl)CC2)c1C. The monoisotopic (exact) mass is 346 g/mol. The van der Waals surface area contributed by atoms with Crippen LogP contribution in [-0.2, 0) is 6.54 Å². The van der Waals surface area contributed by atoms with Crippen LogP contribution in [0.15, 0.2) is 24.7 Å². The van der Waals surface area contributed by atoms with Crippen molar-refractivity contribution in [3.05, 3.63) is 46.5 Å². The van der Waals surface area contributed by atoms with Crippen molar-refractivity contribution in [2.45, 2.75) is 20.4 Å². The molecule has 3 heterocycles. The normalized spacial score (nSPS) is 15.6. The van der Waals surface area contributed by atoms with E-state index in [0.29, 0.717) is 5.02 Å². The van der Waals surface area contributed by atoms with Gasteiger partial charge in [0.2, 0.25) is 0 Å². The molecule has 3 rings (SSSR count). The van der Waals surface area contributed by atoms with Gasteiger partial charge in [-0.15, -0.1) is 0 Å². The predicted octanol–water partition coefficient (Wildman–Crippen LogP) is 3.08. The molecule has 0 unspecified atom stereocenters. The van der Waals surface area contributed by atoms with Crippen molar-refractivity contribution in [1.29, 1.82) is 0 Å². The Balaban J connectivity index is 1.65. The Morgan fingerprint density at radius 2 is 1.92 bits per heavy atom. The second-order valence-corrected chi connectivity index (χ2v) is 6.54. The van der Waals surface area contributed by atoms with E-state index in [0.717, 1.165) is 61.0 Å². The van der Waals surface area contributed by atoms with Crippen LogP contribution in [0.3, 0.4) is 0 Å². The van der Waals surface area contributed by atoms with Crippen LogP contribution in [0.25, 0.3) is 0 Å². The van der Waals surface area contributed by atoms with Crippen LogP contribution < -0.4 is 9.64 Å². The molecule has 0 spiro atoms. The van der Waals surface area contributed by atoms with Crippen LogP contribution in [0.2, 0.25) is 5.02 Å². The highest BCUT2D eigenvalue weighted by Gasteiger charge is 2.20. The summed E-state index contributed by atoms with van der Waals surface area (Å²) in [5.41, 5.74) is 4.37. The van der Waals surface area contributed by atoms with Gasteiger partial charge in [0.05, 0.1) is 23.5 Å². The third-order valence-electron chi connectivity index (χ3n) is 4.59. The second kappa shape index (κ2) is 7.36. The summed E-state index contributed by atoms with van der Waals surface area (Å²) in [6, 6.07) is 1.98. The van der Waals surface area contributed by atoms with Crippen LogP contribution in [0.1, 0.15) is 16.8 Å². The summed E-state index contributed by atoms with van der Waals surface area (Å²) >= 11 is 6.25. The molecule has 2 aromatic heterocycles. The van der Waals surface area contributed by atoms with Crippen molar-refractivity contribution >= 4 is 17.3 Å². The molecule has 1 fully saturated rings. The minimum Gasteiger partial charge on any atom is -0.496 e. The van der Waals surface area contributed by atoms with Crippen molar-refractivity contribution in [3.8, 4) is 5.75 Å². The first-order valence-electron chi connectivity index (χ1n) is 8.16. The Hall–Kier alpha value is -1.85. The standard InChI is InChI=1S/C18H23ClN4O/c1-13-10-21-16(14(2)18(13)24-3)12-22-6-8-23(9-7-22)17-4-5-20-11-15(17)19/h4-5,10-11H,6-9,12H2,1-3H3. The molecule has 0 aliphatic carbocycles. The molecule has 1 aliphatic rings. The van der Waals surface area contributed by atoms with Gasteiger partial charge in [-0.3, -0.25) is 14.9 Å². The molecule has 128 valence electrons. The van der Waals surface area contributed by atoms with Gasteiger partial charge in [0, 0.05) is 62.4 Å². The molecule has 1 saturated heterocycles. The van der Waals surface area contributed by atoms with Crippen LogP contribution in [0, 0.1) is 13.8 Å². The number of halogens is 1. The highest BCUT2D eigenvalue weighted by atomic mass is 35.5. The number of rotatable bonds is 4. The van der Waals surface area contributed by atoms with Gasteiger partial charge < -0.3 is 9.64 Å². The van der Waals surface area contributed by atoms with E-state index >= 15 is 0 Å². The van der Waals surface area contributed by atoms with Crippen LogP contribution in [0.5, 0.6) is 5.75 Å². The molecule has 2 aromatic rings. The van der Waals surface area contributed by atoms with Gasteiger partial charge in [-0.25, -0.2) is 0 Å². The third-order valence-corrected chi connectivity index (χ3v) is 4.88. The zero-order chi connectivity index (χ0) is 17.1. The average molecular weight is 347 g/mol.